The first-order valence-corrected chi connectivity index (χ1v) is 5.95. The summed E-state index contributed by atoms with van der Waals surface area (Å²) in [5.41, 5.74) is 0. The van der Waals surface area contributed by atoms with E-state index in [1.54, 1.807) is 0 Å². The Kier molecular flexibility index (Phi) is 3.72. The molecule has 1 heteroatoms. The van der Waals surface area contributed by atoms with E-state index >= 15 is 0 Å². The molecule has 5 heavy (non-hydrogen) atoms. The summed E-state index contributed by atoms with van der Waals surface area (Å²) in [6.45, 7) is 4.54. The van der Waals surface area contributed by atoms with E-state index in [4.69, 9.17) is 0 Å². The van der Waals surface area contributed by atoms with Gasteiger partial charge in [0.15, 0.2) is 0 Å². The zero-order chi connectivity index (χ0) is 4.28. The summed E-state index contributed by atoms with van der Waals surface area (Å²) in [5, 5.41) is 0. The van der Waals surface area contributed by atoms with Gasteiger partial charge in [-0.05, 0) is 0 Å². The summed E-state index contributed by atoms with van der Waals surface area (Å²) < 4.78 is 1.50. The Morgan fingerprint density at radius 3 is 1.80 bits per heavy atom. The van der Waals surface area contributed by atoms with Crippen LogP contribution in [0.15, 0.2) is 0 Å². The Morgan fingerprint density at radius 2 is 1.80 bits per heavy atom. The molecular weight excluding hydrogens is 249 g/mol. The van der Waals surface area contributed by atoms with Crippen LogP contribution in [0.2, 0.25) is 3.93 Å². The van der Waals surface area contributed by atoms with E-state index in [2.05, 4.69) is 13.8 Å². The Hall–Kier alpha value is 0.935. The van der Waals surface area contributed by atoms with E-state index in [-0.39, 0.29) is 0 Å². The van der Waals surface area contributed by atoms with Crippen LogP contribution in [0.4, 0.5) is 0 Å². The van der Waals surface area contributed by atoms with Crippen LogP contribution in [-0.4, -0.2) is 0 Å². The fourth-order valence-corrected chi connectivity index (χ4v) is 0. The fourth-order valence-electron chi connectivity index (χ4n) is 0. The first-order chi connectivity index (χ1) is 2.27. The van der Waals surface area contributed by atoms with Gasteiger partial charge in [-0.25, -0.2) is 0 Å². The summed E-state index contributed by atoms with van der Waals surface area (Å²) in [6.07, 6.45) is 0. The molecule has 0 amide bonds. The molecule has 0 rings (SSSR count). The third-order valence-corrected chi connectivity index (χ3v) is 5.07. The van der Waals surface area contributed by atoms with Gasteiger partial charge in [-0.3, -0.25) is 0 Å². The fraction of sp³-hybridized carbons (Fsp3) is 1.00. The molecule has 0 saturated carbocycles. The first-order valence-electron chi connectivity index (χ1n) is 2.06. The summed E-state index contributed by atoms with van der Waals surface area (Å²) in [5.74, 6) is 0.971. The van der Waals surface area contributed by atoms with Gasteiger partial charge in [0.2, 0.25) is 0 Å². The van der Waals surface area contributed by atoms with Crippen molar-refractivity contribution in [2.24, 2.45) is 5.92 Å². The number of hydrogen-bond donors (Lipinski definition) is 0. The van der Waals surface area contributed by atoms with Crippen LogP contribution in [0.1, 0.15) is 13.8 Å². The molecule has 0 aromatic heterocycles. The van der Waals surface area contributed by atoms with Crippen molar-refractivity contribution < 1.29 is 26.1 Å². The molecule has 0 aliphatic carbocycles. The minimum absolute atomic E-state index is 0.971. The van der Waals surface area contributed by atoms with E-state index in [0.717, 1.165) is 32.0 Å². The molecule has 0 spiro atoms. The second kappa shape index (κ2) is 3.14. The van der Waals surface area contributed by atoms with Crippen LogP contribution < -0.4 is 0 Å². The summed E-state index contributed by atoms with van der Waals surface area (Å²) >= 11 is 1.04. The predicted octanol–water partition coefficient (Wildman–Crippen LogP) is 1.61. The van der Waals surface area contributed by atoms with Crippen molar-refractivity contribution in [2.45, 2.75) is 17.8 Å². The van der Waals surface area contributed by atoms with Crippen LogP contribution in [0.5, 0.6) is 0 Å². The van der Waals surface area contributed by atoms with Gasteiger partial charge in [0.1, 0.15) is 0 Å². The predicted molar refractivity (Wildman–Crippen MR) is 19.6 cm³/mol. The first kappa shape index (κ1) is 5.94. The third kappa shape index (κ3) is 4.94. The second-order valence-electron chi connectivity index (χ2n) is 1.68. The van der Waals surface area contributed by atoms with E-state index in [9.17, 15) is 0 Å². The zero-order valence-electron chi connectivity index (χ0n) is 3.99. The molecule has 0 fully saturated rings. The topological polar surface area (TPSA) is 0 Å². The molecule has 0 heterocycles. The van der Waals surface area contributed by atoms with Crippen LogP contribution in [0, 0.1) is 5.92 Å². The summed E-state index contributed by atoms with van der Waals surface area (Å²) in [7, 11) is 0. The molecule has 0 aliphatic rings. The van der Waals surface area contributed by atoms with Crippen molar-refractivity contribution in [1.29, 1.82) is 0 Å². The molecule has 0 N–H and O–H groups in total. The van der Waals surface area contributed by atoms with E-state index < -0.39 is 0 Å². The van der Waals surface area contributed by atoms with E-state index in [1.807, 2.05) is 0 Å². The average molecular weight is 258 g/mol. The van der Waals surface area contributed by atoms with Gasteiger partial charge in [0.05, 0.1) is 0 Å². The van der Waals surface area contributed by atoms with Gasteiger partial charge in [-0.1, -0.05) is 0 Å². The van der Waals surface area contributed by atoms with Crippen LogP contribution >= 0.6 is 0 Å². The van der Waals surface area contributed by atoms with Gasteiger partial charge in [-0.15, -0.1) is 0 Å². The van der Waals surface area contributed by atoms with Gasteiger partial charge in [0, 0.05) is 0 Å². The van der Waals surface area contributed by atoms with Crippen molar-refractivity contribution in [1.82, 2.24) is 0 Å². The average Bonchev–Trinajstić information content (AvgIpc) is 1.38. The molecule has 0 nitrogen and oxygen atoms in total. The molecule has 0 aliphatic heterocycles. The SMILES string of the molecule is CC(C)[CH2][Hg+]. The van der Waals surface area contributed by atoms with Crippen LogP contribution in [0.3, 0.4) is 0 Å². The molecule has 26 valence electrons. The standard InChI is InChI=1S/C4H9.Hg/c1-4(2)3;/h4H,1H2,2-3H3;/q;+1. The Labute approximate surface area is 49.9 Å². The van der Waals surface area contributed by atoms with Gasteiger partial charge < -0.3 is 0 Å². The molecule has 0 atom stereocenters. The summed E-state index contributed by atoms with van der Waals surface area (Å²) in [6, 6.07) is 0. The molecule has 0 aromatic rings. The molecule has 0 bridgehead atoms. The normalized spacial score (nSPS) is 9.80. The maximum atomic E-state index is 2.27. The molecular formula is C4H9Hg+. The van der Waals surface area contributed by atoms with E-state index in [1.165, 1.54) is 3.93 Å². The minimum atomic E-state index is 0.971. The third-order valence-electron chi connectivity index (χ3n) is 0.577. The van der Waals surface area contributed by atoms with Crippen LogP contribution in [0.25, 0.3) is 0 Å². The van der Waals surface area contributed by atoms with Crippen molar-refractivity contribution >= 4 is 0 Å². The maximum absolute atomic E-state index is 2.27. The zero-order valence-corrected chi connectivity index (χ0v) is 9.49. The molecule has 0 aromatic carbocycles. The van der Waals surface area contributed by atoms with Crippen LogP contribution in [-0.2, 0) is 26.1 Å². The van der Waals surface area contributed by atoms with Crippen molar-refractivity contribution in [3.63, 3.8) is 0 Å². The quantitative estimate of drug-likeness (QED) is 0.626. The van der Waals surface area contributed by atoms with Crippen molar-refractivity contribution in [3.05, 3.63) is 0 Å². The second-order valence-corrected chi connectivity index (χ2v) is 3.93. The molecule has 0 unspecified atom stereocenters. The van der Waals surface area contributed by atoms with Gasteiger partial charge in [0.25, 0.3) is 0 Å². The monoisotopic (exact) mass is 259 g/mol. The number of rotatable bonds is 1. The van der Waals surface area contributed by atoms with Gasteiger partial charge in [-0.2, -0.15) is 0 Å². The molecule has 0 radical (unpaired) electrons. The van der Waals surface area contributed by atoms with Crippen molar-refractivity contribution in [3.8, 4) is 0 Å². The van der Waals surface area contributed by atoms with Crippen molar-refractivity contribution in [2.75, 3.05) is 0 Å². The van der Waals surface area contributed by atoms with Gasteiger partial charge >= 0.3 is 49.8 Å². The number of hydrogen-bond acceptors (Lipinski definition) is 0. The van der Waals surface area contributed by atoms with E-state index in [0.29, 0.717) is 0 Å². The summed E-state index contributed by atoms with van der Waals surface area (Å²) in [4.78, 5) is 0. The Morgan fingerprint density at radius 1 is 1.60 bits per heavy atom. The Balaban J connectivity index is 2.54. The molecule has 0 saturated heterocycles. The Bertz CT molecular complexity index is 17.6.